The molecule has 0 spiro atoms. The molecule has 0 N–H and O–H groups in total. The SMILES string of the molecule is CCN(CC)C(=O)COc1cc(-c2ccc(F)cc2)nc2ccsc12. The molecule has 0 aliphatic heterocycles. The first-order valence-corrected chi connectivity index (χ1v) is 9.05. The maximum Gasteiger partial charge on any atom is 0.260 e. The third kappa shape index (κ3) is 3.79. The summed E-state index contributed by atoms with van der Waals surface area (Å²) in [4.78, 5) is 18.5. The molecule has 0 aliphatic carbocycles. The second kappa shape index (κ2) is 7.61. The fraction of sp³-hybridized carbons (Fsp3) is 0.263. The minimum atomic E-state index is -0.290. The fourth-order valence-corrected chi connectivity index (χ4v) is 3.41. The molecule has 1 aromatic carbocycles. The number of hydrogen-bond donors (Lipinski definition) is 0. The van der Waals surface area contributed by atoms with Gasteiger partial charge < -0.3 is 9.64 Å². The summed E-state index contributed by atoms with van der Waals surface area (Å²) in [7, 11) is 0. The predicted molar refractivity (Wildman–Crippen MR) is 98.4 cm³/mol. The highest BCUT2D eigenvalue weighted by atomic mass is 32.1. The van der Waals surface area contributed by atoms with Crippen LogP contribution in [0, 0.1) is 5.82 Å². The molecule has 0 saturated carbocycles. The standard InChI is InChI=1S/C19H19FN2O2S/c1-3-22(4-2)18(23)12-24-17-11-16(13-5-7-14(20)8-6-13)21-15-9-10-25-19(15)17/h5-11H,3-4,12H2,1-2H3. The van der Waals surface area contributed by atoms with E-state index >= 15 is 0 Å². The number of ether oxygens (including phenoxy) is 1. The van der Waals surface area contributed by atoms with Crippen LogP contribution >= 0.6 is 11.3 Å². The highest BCUT2D eigenvalue weighted by Crippen LogP contribution is 2.33. The monoisotopic (exact) mass is 358 g/mol. The van der Waals surface area contributed by atoms with Crippen molar-refractivity contribution in [3.05, 3.63) is 47.6 Å². The van der Waals surface area contributed by atoms with E-state index in [2.05, 4.69) is 4.98 Å². The van der Waals surface area contributed by atoms with E-state index < -0.39 is 0 Å². The Morgan fingerprint density at radius 1 is 1.20 bits per heavy atom. The molecule has 0 radical (unpaired) electrons. The van der Waals surface area contributed by atoms with Crippen molar-refractivity contribution in [2.24, 2.45) is 0 Å². The van der Waals surface area contributed by atoms with Crippen LogP contribution in [0.1, 0.15) is 13.8 Å². The first kappa shape index (κ1) is 17.4. The van der Waals surface area contributed by atoms with Crippen molar-refractivity contribution in [3.8, 4) is 17.0 Å². The molecule has 2 heterocycles. The summed E-state index contributed by atoms with van der Waals surface area (Å²) in [6, 6.07) is 9.88. The summed E-state index contributed by atoms with van der Waals surface area (Å²) in [5.41, 5.74) is 2.29. The van der Waals surface area contributed by atoms with E-state index in [1.54, 1.807) is 17.0 Å². The van der Waals surface area contributed by atoms with Crippen molar-refractivity contribution < 1.29 is 13.9 Å². The van der Waals surface area contributed by atoms with Gasteiger partial charge in [-0.1, -0.05) is 0 Å². The number of carbonyl (C=O) groups is 1. The van der Waals surface area contributed by atoms with Crippen LogP contribution < -0.4 is 4.74 Å². The van der Waals surface area contributed by atoms with E-state index in [1.165, 1.54) is 23.5 Å². The van der Waals surface area contributed by atoms with E-state index in [4.69, 9.17) is 4.74 Å². The Morgan fingerprint density at radius 2 is 1.92 bits per heavy atom. The minimum absolute atomic E-state index is 0.0124. The van der Waals surface area contributed by atoms with E-state index in [1.807, 2.05) is 31.4 Å². The highest BCUT2D eigenvalue weighted by molar-refractivity contribution is 7.17. The van der Waals surface area contributed by atoms with Crippen LogP contribution in [0.15, 0.2) is 41.8 Å². The maximum absolute atomic E-state index is 13.2. The molecular formula is C19H19FN2O2S. The molecule has 6 heteroatoms. The zero-order chi connectivity index (χ0) is 17.8. The molecule has 1 amide bonds. The van der Waals surface area contributed by atoms with Crippen LogP contribution in [0.4, 0.5) is 4.39 Å². The number of amides is 1. The Kier molecular flexibility index (Phi) is 5.28. The molecule has 0 fully saturated rings. The molecule has 0 unspecified atom stereocenters. The maximum atomic E-state index is 13.2. The zero-order valence-electron chi connectivity index (χ0n) is 14.2. The lowest BCUT2D eigenvalue weighted by atomic mass is 10.1. The van der Waals surface area contributed by atoms with Crippen LogP contribution in [0.2, 0.25) is 0 Å². The van der Waals surface area contributed by atoms with E-state index in [0.717, 1.165) is 15.8 Å². The lowest BCUT2D eigenvalue weighted by Crippen LogP contribution is -2.34. The van der Waals surface area contributed by atoms with Crippen molar-refractivity contribution in [2.45, 2.75) is 13.8 Å². The average molecular weight is 358 g/mol. The van der Waals surface area contributed by atoms with Gasteiger partial charge in [-0.15, -0.1) is 11.3 Å². The Balaban J connectivity index is 1.90. The third-order valence-electron chi connectivity index (χ3n) is 3.98. The summed E-state index contributed by atoms with van der Waals surface area (Å²) >= 11 is 1.52. The van der Waals surface area contributed by atoms with Gasteiger partial charge in [0, 0.05) is 24.7 Å². The summed E-state index contributed by atoms with van der Waals surface area (Å²) in [5, 5.41) is 1.94. The van der Waals surface area contributed by atoms with Gasteiger partial charge in [0.05, 0.1) is 15.9 Å². The number of likely N-dealkylation sites (N-methyl/N-ethyl adjacent to an activating group) is 1. The lowest BCUT2D eigenvalue weighted by Gasteiger charge is -2.19. The van der Waals surface area contributed by atoms with Gasteiger partial charge in [-0.05, 0) is 49.6 Å². The van der Waals surface area contributed by atoms with E-state index in [-0.39, 0.29) is 18.3 Å². The van der Waals surface area contributed by atoms with Gasteiger partial charge >= 0.3 is 0 Å². The lowest BCUT2D eigenvalue weighted by molar-refractivity contribution is -0.132. The van der Waals surface area contributed by atoms with Gasteiger partial charge in [-0.2, -0.15) is 0 Å². The molecule has 3 aromatic rings. The molecular weight excluding hydrogens is 339 g/mol. The number of benzene rings is 1. The number of carbonyl (C=O) groups excluding carboxylic acids is 1. The van der Waals surface area contributed by atoms with Crippen molar-refractivity contribution in [1.82, 2.24) is 9.88 Å². The molecule has 25 heavy (non-hydrogen) atoms. The largest absolute Gasteiger partial charge is 0.482 e. The van der Waals surface area contributed by atoms with Crippen LogP contribution in [0.25, 0.3) is 21.5 Å². The number of thiophene rings is 1. The first-order chi connectivity index (χ1) is 12.1. The normalized spacial score (nSPS) is 10.8. The van der Waals surface area contributed by atoms with E-state index in [0.29, 0.717) is 24.5 Å². The fourth-order valence-electron chi connectivity index (χ4n) is 2.61. The van der Waals surface area contributed by atoms with Crippen LogP contribution in [-0.4, -0.2) is 35.5 Å². The van der Waals surface area contributed by atoms with Crippen LogP contribution in [-0.2, 0) is 4.79 Å². The Hall–Kier alpha value is -2.47. The van der Waals surface area contributed by atoms with Crippen molar-refractivity contribution in [2.75, 3.05) is 19.7 Å². The Morgan fingerprint density at radius 3 is 2.60 bits per heavy atom. The molecule has 0 aliphatic rings. The Bertz CT molecular complexity index is 873. The highest BCUT2D eigenvalue weighted by Gasteiger charge is 2.14. The average Bonchev–Trinajstić information content (AvgIpc) is 3.10. The number of halogens is 1. The van der Waals surface area contributed by atoms with Crippen LogP contribution in [0.5, 0.6) is 5.75 Å². The first-order valence-electron chi connectivity index (χ1n) is 8.17. The molecule has 0 saturated heterocycles. The van der Waals surface area contributed by atoms with Gasteiger partial charge in [-0.3, -0.25) is 4.79 Å². The Labute approximate surface area is 149 Å². The molecule has 4 nitrogen and oxygen atoms in total. The van der Waals surface area contributed by atoms with Gasteiger partial charge in [0.15, 0.2) is 6.61 Å². The number of nitrogens with zero attached hydrogens (tertiary/aromatic N) is 2. The minimum Gasteiger partial charge on any atom is -0.482 e. The summed E-state index contributed by atoms with van der Waals surface area (Å²) in [6.07, 6.45) is 0. The number of aromatic nitrogens is 1. The predicted octanol–water partition coefficient (Wildman–Crippen LogP) is 4.35. The molecule has 3 rings (SSSR count). The summed E-state index contributed by atoms with van der Waals surface area (Å²) in [5.74, 6) is 0.288. The van der Waals surface area contributed by atoms with Gasteiger partial charge in [0.25, 0.3) is 5.91 Å². The second-order valence-corrected chi connectivity index (χ2v) is 6.42. The van der Waals surface area contributed by atoms with Crippen molar-refractivity contribution in [3.63, 3.8) is 0 Å². The quantitative estimate of drug-likeness (QED) is 0.658. The number of hydrogen-bond acceptors (Lipinski definition) is 4. The van der Waals surface area contributed by atoms with E-state index in [9.17, 15) is 9.18 Å². The third-order valence-corrected chi connectivity index (χ3v) is 4.90. The van der Waals surface area contributed by atoms with Gasteiger partial charge in [-0.25, -0.2) is 9.37 Å². The van der Waals surface area contributed by atoms with Crippen molar-refractivity contribution >= 4 is 27.5 Å². The summed E-state index contributed by atoms with van der Waals surface area (Å²) < 4.78 is 19.9. The number of fused-ring (bicyclic) bond motifs is 1. The molecule has 130 valence electrons. The van der Waals surface area contributed by atoms with Crippen LogP contribution in [0.3, 0.4) is 0 Å². The summed E-state index contributed by atoms with van der Waals surface area (Å²) in [6.45, 7) is 5.19. The molecule has 0 atom stereocenters. The number of pyridine rings is 1. The topological polar surface area (TPSA) is 42.4 Å². The van der Waals surface area contributed by atoms with Gasteiger partial charge in [0.1, 0.15) is 11.6 Å². The number of rotatable bonds is 6. The van der Waals surface area contributed by atoms with Crippen molar-refractivity contribution in [1.29, 1.82) is 0 Å². The second-order valence-electron chi connectivity index (χ2n) is 5.50. The zero-order valence-corrected chi connectivity index (χ0v) is 15.0. The molecule has 0 bridgehead atoms. The smallest absolute Gasteiger partial charge is 0.260 e. The van der Waals surface area contributed by atoms with Gasteiger partial charge in [0.2, 0.25) is 0 Å². The molecule has 2 aromatic heterocycles.